The van der Waals surface area contributed by atoms with Gasteiger partial charge >= 0.3 is 5.97 Å². The zero-order valence-corrected chi connectivity index (χ0v) is 11.1. The molecular weight excluding hydrogens is 259 g/mol. The number of carboxylic acid groups (broad SMARTS) is 1. The molecule has 0 aliphatic heterocycles. The predicted molar refractivity (Wildman–Crippen MR) is 67.0 cm³/mol. The van der Waals surface area contributed by atoms with Crippen molar-refractivity contribution in [1.82, 2.24) is 0 Å². The van der Waals surface area contributed by atoms with Crippen LogP contribution in [0.2, 0.25) is 0 Å². The van der Waals surface area contributed by atoms with E-state index in [-0.39, 0.29) is 10.4 Å². The lowest BCUT2D eigenvalue weighted by molar-refractivity contribution is -0.132. The summed E-state index contributed by atoms with van der Waals surface area (Å²) in [7, 11) is 0. The van der Waals surface area contributed by atoms with E-state index in [0.29, 0.717) is 5.03 Å². The van der Waals surface area contributed by atoms with Gasteiger partial charge in [-0.2, -0.15) is 0 Å². The van der Waals surface area contributed by atoms with E-state index in [0.717, 1.165) is 37.0 Å². The molecule has 0 spiro atoms. The van der Waals surface area contributed by atoms with E-state index >= 15 is 0 Å². The van der Waals surface area contributed by atoms with Crippen LogP contribution in [0.5, 0.6) is 0 Å². The van der Waals surface area contributed by atoms with Crippen molar-refractivity contribution < 1.29 is 9.90 Å². The van der Waals surface area contributed by atoms with E-state index in [4.69, 9.17) is 28.3 Å². The average Bonchev–Trinajstić information content (AvgIpc) is 2.25. The monoisotopic (exact) mass is 274 g/mol. The highest BCUT2D eigenvalue weighted by Crippen LogP contribution is 2.63. The number of carbonyl (C=O) groups is 1. The topological polar surface area (TPSA) is 37.3 Å². The van der Waals surface area contributed by atoms with E-state index in [1.165, 1.54) is 19.3 Å². The summed E-state index contributed by atoms with van der Waals surface area (Å²) in [4.78, 5) is 11.0. The highest BCUT2D eigenvalue weighted by Gasteiger charge is 2.53. The number of carboxylic acids is 1. The Morgan fingerprint density at radius 2 is 1.41 bits per heavy atom. The molecule has 4 saturated carbocycles. The van der Waals surface area contributed by atoms with Gasteiger partial charge in [-0.15, -0.1) is 0 Å². The van der Waals surface area contributed by atoms with Crippen LogP contribution < -0.4 is 0 Å². The normalized spacial score (nSPS) is 44.7. The maximum Gasteiger partial charge on any atom is 0.348 e. The molecule has 4 rings (SSSR count). The Morgan fingerprint density at radius 3 is 1.76 bits per heavy atom. The second-order valence-electron chi connectivity index (χ2n) is 6.13. The fourth-order valence-electron chi connectivity index (χ4n) is 4.71. The lowest BCUT2D eigenvalue weighted by atomic mass is 9.49. The molecule has 2 nitrogen and oxygen atoms in total. The lowest BCUT2D eigenvalue weighted by Crippen LogP contribution is -2.46. The smallest absolute Gasteiger partial charge is 0.348 e. The maximum atomic E-state index is 11.0. The minimum absolute atomic E-state index is 0.105. The third-order valence-corrected chi connectivity index (χ3v) is 5.92. The molecule has 0 aromatic rings. The molecule has 4 heteroatoms. The number of halogens is 2. The van der Waals surface area contributed by atoms with Crippen molar-refractivity contribution in [3.05, 3.63) is 10.1 Å². The van der Waals surface area contributed by atoms with Crippen molar-refractivity contribution in [2.24, 2.45) is 23.2 Å². The second-order valence-corrected chi connectivity index (χ2v) is 6.89. The highest BCUT2D eigenvalue weighted by atomic mass is 35.5. The number of aliphatic carboxylic acids is 1. The highest BCUT2D eigenvalue weighted by molar-refractivity contribution is 6.47. The molecule has 4 bridgehead atoms. The maximum absolute atomic E-state index is 11.0. The molecule has 0 aromatic carbocycles. The van der Waals surface area contributed by atoms with Crippen molar-refractivity contribution in [3.8, 4) is 0 Å². The fraction of sp³-hybridized carbons (Fsp3) is 0.769. The second kappa shape index (κ2) is 3.89. The van der Waals surface area contributed by atoms with Gasteiger partial charge < -0.3 is 5.11 Å². The van der Waals surface area contributed by atoms with E-state index < -0.39 is 5.97 Å². The first-order valence-electron chi connectivity index (χ1n) is 6.29. The van der Waals surface area contributed by atoms with Gasteiger partial charge in [-0.05, 0) is 56.3 Å². The third-order valence-electron chi connectivity index (χ3n) is 4.88. The quantitative estimate of drug-likeness (QED) is 0.774. The first-order valence-corrected chi connectivity index (χ1v) is 7.05. The van der Waals surface area contributed by atoms with Gasteiger partial charge in [0, 0.05) is 5.41 Å². The van der Waals surface area contributed by atoms with Gasteiger partial charge in [-0.3, -0.25) is 0 Å². The van der Waals surface area contributed by atoms with Gasteiger partial charge in [0.25, 0.3) is 0 Å². The van der Waals surface area contributed by atoms with E-state index in [1.54, 1.807) is 0 Å². The van der Waals surface area contributed by atoms with E-state index in [9.17, 15) is 4.79 Å². The Labute approximate surface area is 111 Å². The Morgan fingerprint density at radius 1 is 1.00 bits per heavy atom. The number of rotatable bonds is 2. The molecule has 0 atom stereocenters. The zero-order chi connectivity index (χ0) is 12.2. The largest absolute Gasteiger partial charge is 0.477 e. The molecule has 0 aromatic heterocycles. The molecule has 4 aliphatic carbocycles. The third kappa shape index (κ3) is 1.80. The molecule has 1 N–H and O–H groups in total. The Bertz CT molecular complexity index is 365. The van der Waals surface area contributed by atoms with Crippen LogP contribution in [0.4, 0.5) is 0 Å². The molecule has 0 unspecified atom stereocenters. The van der Waals surface area contributed by atoms with Gasteiger partial charge in [0.1, 0.15) is 5.03 Å². The van der Waals surface area contributed by atoms with Crippen LogP contribution in [0.15, 0.2) is 10.1 Å². The van der Waals surface area contributed by atoms with Crippen LogP contribution in [0.3, 0.4) is 0 Å². The number of hydrogen-bond acceptors (Lipinski definition) is 1. The summed E-state index contributed by atoms with van der Waals surface area (Å²) in [6.07, 6.45) is 7.07. The molecule has 0 radical (unpaired) electrons. The molecule has 0 amide bonds. The van der Waals surface area contributed by atoms with Crippen LogP contribution in [-0.4, -0.2) is 11.1 Å². The minimum atomic E-state index is -1.09. The number of allylic oxidation sites excluding steroid dienone is 1. The van der Waals surface area contributed by atoms with E-state index in [2.05, 4.69) is 0 Å². The molecule has 94 valence electrons. The molecule has 4 fully saturated rings. The van der Waals surface area contributed by atoms with Crippen LogP contribution in [0, 0.1) is 23.2 Å². The first kappa shape index (κ1) is 11.9. The average molecular weight is 275 g/mol. The van der Waals surface area contributed by atoms with Crippen LogP contribution in [0.1, 0.15) is 38.5 Å². The summed E-state index contributed by atoms with van der Waals surface area (Å²) in [5.41, 5.74) is -0.105. The number of hydrogen-bond donors (Lipinski definition) is 1. The SMILES string of the molecule is O=C(O)/C(Cl)=C(/Cl)C12CC3CC(CC(C3)C1)C2. The van der Waals surface area contributed by atoms with Crippen molar-refractivity contribution in [2.45, 2.75) is 38.5 Å². The van der Waals surface area contributed by atoms with Gasteiger partial charge in [0.2, 0.25) is 0 Å². The minimum Gasteiger partial charge on any atom is -0.477 e. The summed E-state index contributed by atoms with van der Waals surface area (Å²) in [5, 5.41) is 9.24. The van der Waals surface area contributed by atoms with Crippen LogP contribution in [0.25, 0.3) is 0 Å². The van der Waals surface area contributed by atoms with Crippen molar-refractivity contribution in [3.63, 3.8) is 0 Å². The summed E-state index contributed by atoms with van der Waals surface area (Å²) in [6, 6.07) is 0. The zero-order valence-electron chi connectivity index (χ0n) is 9.59. The van der Waals surface area contributed by atoms with Crippen molar-refractivity contribution >= 4 is 29.2 Å². The molecule has 0 saturated heterocycles. The first-order chi connectivity index (χ1) is 8.00. The van der Waals surface area contributed by atoms with Crippen LogP contribution >= 0.6 is 23.2 Å². The summed E-state index contributed by atoms with van der Waals surface area (Å²) < 4.78 is 0. The van der Waals surface area contributed by atoms with E-state index in [1.807, 2.05) is 0 Å². The standard InChI is InChI=1S/C13H16Cl2O2/c14-10(12(16)17)11(15)13-4-7-1-8(5-13)3-9(2-7)6-13/h7-9H,1-6H2,(H,16,17)/b11-10-. The predicted octanol–water partition coefficient (Wildman–Crippen LogP) is 3.98. The lowest BCUT2D eigenvalue weighted by Gasteiger charge is -2.56. The van der Waals surface area contributed by atoms with Gasteiger partial charge in [-0.25, -0.2) is 4.79 Å². The summed E-state index contributed by atoms with van der Waals surface area (Å²) >= 11 is 12.2. The Balaban J connectivity index is 1.97. The van der Waals surface area contributed by atoms with Gasteiger partial charge in [0.05, 0.1) is 5.03 Å². The molecular formula is C13H16Cl2O2. The molecule has 4 aliphatic rings. The Kier molecular flexibility index (Phi) is 2.71. The summed E-state index contributed by atoms with van der Waals surface area (Å²) in [5.74, 6) is 1.14. The Hall–Kier alpha value is -0.210. The molecule has 0 heterocycles. The fourth-order valence-corrected chi connectivity index (χ4v) is 5.22. The van der Waals surface area contributed by atoms with Crippen molar-refractivity contribution in [2.75, 3.05) is 0 Å². The molecule has 17 heavy (non-hydrogen) atoms. The summed E-state index contributed by atoms with van der Waals surface area (Å²) in [6.45, 7) is 0. The van der Waals surface area contributed by atoms with Gasteiger partial charge in [0.15, 0.2) is 0 Å². The van der Waals surface area contributed by atoms with Crippen molar-refractivity contribution in [1.29, 1.82) is 0 Å². The van der Waals surface area contributed by atoms with Gasteiger partial charge in [-0.1, -0.05) is 23.2 Å². The van der Waals surface area contributed by atoms with Crippen LogP contribution in [-0.2, 0) is 4.79 Å².